The zero-order valence-corrected chi connectivity index (χ0v) is 15.1. The summed E-state index contributed by atoms with van der Waals surface area (Å²) < 4.78 is 5.40. The molecule has 3 heterocycles. The fourth-order valence-corrected chi connectivity index (χ4v) is 4.90. The molecule has 1 unspecified atom stereocenters. The van der Waals surface area contributed by atoms with Crippen molar-refractivity contribution in [2.75, 3.05) is 25.5 Å². The summed E-state index contributed by atoms with van der Waals surface area (Å²) in [4.78, 5) is 15.5. The molecule has 1 aromatic carbocycles. The van der Waals surface area contributed by atoms with Gasteiger partial charge < -0.3 is 25.4 Å². The lowest BCUT2D eigenvalue weighted by molar-refractivity contribution is -0.895. The Hall–Kier alpha value is -2.25. The summed E-state index contributed by atoms with van der Waals surface area (Å²) >= 11 is 1.66. The number of carbonyl (C=O) groups is 1. The van der Waals surface area contributed by atoms with E-state index in [-0.39, 0.29) is 11.7 Å². The molecule has 2 aliphatic heterocycles. The lowest BCUT2D eigenvalue weighted by Crippen LogP contribution is -3.08. The number of ether oxygens (including phenoxy) is 1. The van der Waals surface area contributed by atoms with Crippen LogP contribution < -0.4 is 20.3 Å². The van der Waals surface area contributed by atoms with Crippen molar-refractivity contribution in [2.24, 2.45) is 0 Å². The molecule has 4 N–H and O–H groups in total. The second-order valence-electron chi connectivity index (χ2n) is 6.55. The monoisotopic (exact) mass is 360 g/mol. The average Bonchev–Trinajstić information content (AvgIpc) is 2.92. The number of phenolic OH excluding ortho intramolecular Hbond substituents is 1. The van der Waals surface area contributed by atoms with E-state index in [4.69, 9.17) is 4.74 Å². The van der Waals surface area contributed by atoms with Crippen LogP contribution in [0.4, 0.5) is 5.00 Å². The van der Waals surface area contributed by atoms with Crippen LogP contribution in [0.2, 0.25) is 0 Å². The minimum Gasteiger partial charge on any atom is -0.507 e. The molecule has 0 bridgehead atoms. The molecule has 0 aliphatic carbocycles. The highest BCUT2D eigenvalue weighted by atomic mass is 32.1. The summed E-state index contributed by atoms with van der Waals surface area (Å²) in [5.41, 5.74) is 2.61. The van der Waals surface area contributed by atoms with Crippen LogP contribution in [0.25, 0.3) is 0 Å². The highest BCUT2D eigenvalue weighted by Gasteiger charge is 2.34. The number of amides is 1. The molecule has 0 fully saturated rings. The van der Waals surface area contributed by atoms with Crippen LogP contribution in [0.15, 0.2) is 18.2 Å². The number of likely N-dealkylation sites (N-methyl/N-ethyl adjacent to an activating group) is 1. The number of rotatable bonds is 3. The number of aromatic hydroxyl groups is 1. The molecule has 1 aromatic heterocycles. The Labute approximate surface area is 150 Å². The van der Waals surface area contributed by atoms with Gasteiger partial charge in [0.25, 0.3) is 5.91 Å². The Kier molecular flexibility index (Phi) is 4.05. The van der Waals surface area contributed by atoms with Crippen LogP contribution in [0.3, 0.4) is 0 Å². The molecule has 0 saturated carbocycles. The predicted octanol–water partition coefficient (Wildman–Crippen LogP) is 1.28. The Morgan fingerprint density at radius 3 is 3.00 bits per heavy atom. The zero-order valence-electron chi connectivity index (χ0n) is 14.3. The molecule has 0 spiro atoms. The number of fused-ring (bicyclic) bond motifs is 3. The van der Waals surface area contributed by atoms with Crippen molar-refractivity contribution in [1.82, 2.24) is 5.32 Å². The summed E-state index contributed by atoms with van der Waals surface area (Å²) in [5.74, 6) is 0.658. The lowest BCUT2D eigenvalue weighted by Gasteiger charge is -2.27. The Morgan fingerprint density at radius 2 is 2.24 bits per heavy atom. The van der Waals surface area contributed by atoms with Crippen LogP contribution in [0.1, 0.15) is 39.5 Å². The molecule has 2 aromatic rings. The third kappa shape index (κ3) is 2.83. The van der Waals surface area contributed by atoms with E-state index in [0.29, 0.717) is 17.9 Å². The second kappa shape index (κ2) is 6.24. The summed E-state index contributed by atoms with van der Waals surface area (Å²) in [6, 6.07) is 5.17. The first-order valence-electron chi connectivity index (χ1n) is 8.55. The maximum atomic E-state index is 12.7. The first-order chi connectivity index (χ1) is 12.1. The first-order valence-corrected chi connectivity index (χ1v) is 9.37. The topological polar surface area (TPSA) is 75.0 Å². The molecule has 1 amide bonds. The minimum atomic E-state index is -0.444. The number of phenols is 1. The summed E-state index contributed by atoms with van der Waals surface area (Å²) in [6.45, 7) is 4.44. The standard InChI is InChI=1S/C18H21N3O3S/c1-3-24-10-4-5-11(13(22)8-10)16-19-17(23)15-12-6-7-21(2)9-14(12)25-18(15)20-16/h4-5,8,16,20,22H,3,6-7,9H2,1-2H3,(H,19,23)/p+1/t16-/m0/s1. The van der Waals surface area contributed by atoms with Gasteiger partial charge in [0, 0.05) is 18.1 Å². The quantitative estimate of drug-likeness (QED) is 0.665. The Bertz CT molecular complexity index is 833. The van der Waals surface area contributed by atoms with Gasteiger partial charge in [-0.15, -0.1) is 11.3 Å². The van der Waals surface area contributed by atoms with Crippen LogP contribution in [-0.4, -0.2) is 31.2 Å². The first kappa shape index (κ1) is 16.2. The molecule has 4 rings (SSSR count). The van der Waals surface area contributed by atoms with Crippen molar-refractivity contribution < 1.29 is 19.5 Å². The van der Waals surface area contributed by atoms with Crippen molar-refractivity contribution in [2.45, 2.75) is 26.1 Å². The van der Waals surface area contributed by atoms with E-state index >= 15 is 0 Å². The van der Waals surface area contributed by atoms with Crippen LogP contribution >= 0.6 is 11.3 Å². The van der Waals surface area contributed by atoms with E-state index in [1.54, 1.807) is 29.5 Å². The van der Waals surface area contributed by atoms with Crippen molar-refractivity contribution in [3.8, 4) is 11.5 Å². The van der Waals surface area contributed by atoms with Gasteiger partial charge in [-0.05, 0) is 24.6 Å². The van der Waals surface area contributed by atoms with Crippen LogP contribution in [0, 0.1) is 0 Å². The fourth-order valence-electron chi connectivity index (χ4n) is 3.51. The number of anilines is 1. The Morgan fingerprint density at radius 1 is 1.40 bits per heavy atom. The molecule has 6 nitrogen and oxygen atoms in total. The SMILES string of the molecule is CCOc1ccc([C@H]2NC(=O)c3c(sc4c3CC[NH+](C)C4)N2)c(O)c1. The van der Waals surface area contributed by atoms with Gasteiger partial charge in [0.2, 0.25) is 0 Å². The molecular weight excluding hydrogens is 338 g/mol. The van der Waals surface area contributed by atoms with E-state index in [2.05, 4.69) is 17.7 Å². The molecule has 2 atom stereocenters. The van der Waals surface area contributed by atoms with E-state index in [1.165, 1.54) is 15.3 Å². The van der Waals surface area contributed by atoms with E-state index in [1.807, 2.05) is 6.92 Å². The second-order valence-corrected chi connectivity index (χ2v) is 7.65. The van der Waals surface area contributed by atoms with Crippen molar-refractivity contribution in [1.29, 1.82) is 0 Å². The zero-order chi connectivity index (χ0) is 17.6. The highest BCUT2D eigenvalue weighted by Crippen LogP contribution is 2.40. The smallest absolute Gasteiger partial charge is 0.256 e. The third-order valence-corrected chi connectivity index (χ3v) is 5.92. The number of carbonyl (C=O) groups excluding carboxylic acids is 1. The summed E-state index contributed by atoms with van der Waals surface area (Å²) in [6.07, 6.45) is 0.488. The average molecular weight is 360 g/mol. The molecule has 2 aliphatic rings. The summed E-state index contributed by atoms with van der Waals surface area (Å²) in [5, 5.41) is 17.6. The van der Waals surface area contributed by atoms with Crippen molar-refractivity contribution in [3.05, 3.63) is 39.8 Å². The third-order valence-electron chi connectivity index (χ3n) is 4.76. The number of thiophene rings is 1. The van der Waals surface area contributed by atoms with Gasteiger partial charge >= 0.3 is 0 Å². The van der Waals surface area contributed by atoms with Gasteiger partial charge in [0.05, 0.1) is 30.6 Å². The molecular formula is C18H22N3O3S+. The Balaban J connectivity index is 1.65. The molecule has 25 heavy (non-hydrogen) atoms. The van der Waals surface area contributed by atoms with Gasteiger partial charge in [-0.1, -0.05) is 0 Å². The summed E-state index contributed by atoms with van der Waals surface area (Å²) in [7, 11) is 2.18. The number of nitrogens with one attached hydrogen (secondary N) is 3. The predicted molar refractivity (Wildman–Crippen MR) is 96.6 cm³/mol. The maximum Gasteiger partial charge on any atom is 0.256 e. The maximum absolute atomic E-state index is 12.7. The van der Waals surface area contributed by atoms with Crippen LogP contribution in [0.5, 0.6) is 11.5 Å². The number of hydrogen-bond acceptors (Lipinski definition) is 5. The van der Waals surface area contributed by atoms with Gasteiger partial charge in [0.1, 0.15) is 29.2 Å². The number of hydrogen-bond donors (Lipinski definition) is 4. The number of quaternary nitrogens is 1. The molecule has 0 saturated heterocycles. The van der Waals surface area contributed by atoms with Crippen molar-refractivity contribution >= 4 is 22.2 Å². The largest absolute Gasteiger partial charge is 0.507 e. The van der Waals surface area contributed by atoms with E-state index in [0.717, 1.165) is 30.1 Å². The number of benzene rings is 1. The highest BCUT2D eigenvalue weighted by molar-refractivity contribution is 7.16. The van der Waals surface area contributed by atoms with E-state index in [9.17, 15) is 9.90 Å². The normalized spacial score (nSPS) is 21.8. The van der Waals surface area contributed by atoms with Gasteiger partial charge in [-0.25, -0.2) is 0 Å². The van der Waals surface area contributed by atoms with Crippen LogP contribution in [-0.2, 0) is 13.0 Å². The molecule has 0 radical (unpaired) electrons. The van der Waals surface area contributed by atoms with Gasteiger partial charge in [-0.2, -0.15) is 0 Å². The molecule has 132 valence electrons. The van der Waals surface area contributed by atoms with E-state index < -0.39 is 6.17 Å². The lowest BCUT2D eigenvalue weighted by atomic mass is 10.0. The molecule has 7 heteroatoms. The van der Waals surface area contributed by atoms with Gasteiger partial charge in [0.15, 0.2) is 0 Å². The minimum absolute atomic E-state index is 0.0657. The van der Waals surface area contributed by atoms with Gasteiger partial charge in [-0.3, -0.25) is 4.79 Å². The fraction of sp³-hybridized carbons (Fsp3) is 0.389. The van der Waals surface area contributed by atoms with Crippen molar-refractivity contribution in [3.63, 3.8) is 0 Å².